The zero-order valence-electron chi connectivity index (χ0n) is 10.6. The molecule has 0 bridgehead atoms. The fourth-order valence-electron chi connectivity index (χ4n) is 2.59. The van der Waals surface area contributed by atoms with Gasteiger partial charge in [0.1, 0.15) is 17.4 Å². The van der Waals surface area contributed by atoms with E-state index in [0.717, 1.165) is 0 Å². The molecule has 2 aliphatic heterocycles. The maximum Gasteiger partial charge on any atom is 0.330 e. The first-order chi connectivity index (χ1) is 8.35. The summed E-state index contributed by atoms with van der Waals surface area (Å²) in [5, 5.41) is 0. The number of aryl methyl sites for hydroxylation is 1. The normalized spacial score (nSPS) is 38.3. The van der Waals surface area contributed by atoms with E-state index in [0.29, 0.717) is 18.6 Å². The van der Waals surface area contributed by atoms with E-state index >= 15 is 0 Å². The van der Waals surface area contributed by atoms with Crippen molar-refractivity contribution in [2.24, 2.45) is 0 Å². The molecule has 6 nitrogen and oxygen atoms in total. The molecular weight excluding hydrogens is 236 g/mol. The summed E-state index contributed by atoms with van der Waals surface area (Å²) in [6.45, 7) is 6.18. The fraction of sp³-hybridized carbons (Fsp3) is 0.667. The highest BCUT2D eigenvalue weighted by molar-refractivity contribution is 5.11. The van der Waals surface area contributed by atoms with Crippen LogP contribution in [0.3, 0.4) is 0 Å². The average Bonchev–Trinajstić information content (AvgIpc) is 2.47. The summed E-state index contributed by atoms with van der Waals surface area (Å²) in [5.74, 6) is 0. The standard InChI is InChI=1S/C12H16N2O4/c1-7-5-14(10(16)13-9(7)15)8-4-11(2)12(3,18-8)6-17-11/h5,8H,4,6H2,1-3H3,(H,13,15,16)/t8-,11-,12-/m1/s1. The molecule has 18 heavy (non-hydrogen) atoms. The summed E-state index contributed by atoms with van der Waals surface area (Å²) in [7, 11) is 0. The minimum atomic E-state index is -0.441. The first-order valence-corrected chi connectivity index (χ1v) is 5.98. The number of hydrogen-bond donors (Lipinski definition) is 1. The molecule has 98 valence electrons. The van der Waals surface area contributed by atoms with Gasteiger partial charge in [0.05, 0.1) is 6.61 Å². The number of aromatic amines is 1. The first-order valence-electron chi connectivity index (χ1n) is 5.98. The highest BCUT2D eigenvalue weighted by Gasteiger charge is 2.63. The van der Waals surface area contributed by atoms with Crippen LogP contribution in [0.25, 0.3) is 0 Å². The number of H-pyrrole nitrogens is 1. The molecule has 0 unspecified atom stereocenters. The summed E-state index contributed by atoms with van der Waals surface area (Å²) < 4.78 is 12.9. The Morgan fingerprint density at radius 2 is 2.11 bits per heavy atom. The van der Waals surface area contributed by atoms with Gasteiger partial charge < -0.3 is 9.47 Å². The zero-order valence-corrected chi connectivity index (χ0v) is 10.6. The molecule has 6 heteroatoms. The molecule has 0 radical (unpaired) electrons. The number of hydrogen-bond acceptors (Lipinski definition) is 4. The SMILES string of the molecule is Cc1cn([C@H]2C[C@@]3(C)OC[C@@]3(C)O2)c(=O)[nH]c1=O. The zero-order chi connectivity index (χ0) is 13.1. The molecule has 0 aliphatic carbocycles. The Kier molecular flexibility index (Phi) is 2.16. The van der Waals surface area contributed by atoms with E-state index in [-0.39, 0.29) is 23.0 Å². The third kappa shape index (κ3) is 1.36. The molecular formula is C12H16N2O4. The lowest BCUT2D eigenvalue weighted by atomic mass is 9.81. The number of nitrogens with zero attached hydrogens (tertiary/aromatic N) is 1. The van der Waals surface area contributed by atoms with E-state index in [1.165, 1.54) is 4.57 Å². The fourth-order valence-corrected chi connectivity index (χ4v) is 2.59. The average molecular weight is 252 g/mol. The van der Waals surface area contributed by atoms with Crippen LogP contribution in [0.4, 0.5) is 0 Å². The molecule has 3 atom stereocenters. The second kappa shape index (κ2) is 3.33. The molecule has 0 spiro atoms. The van der Waals surface area contributed by atoms with E-state index < -0.39 is 5.69 Å². The molecule has 2 saturated heterocycles. The van der Waals surface area contributed by atoms with Crippen molar-refractivity contribution in [3.63, 3.8) is 0 Å². The Morgan fingerprint density at radius 1 is 1.39 bits per heavy atom. The Bertz CT molecular complexity index is 601. The van der Waals surface area contributed by atoms with Gasteiger partial charge >= 0.3 is 5.69 Å². The van der Waals surface area contributed by atoms with Crippen LogP contribution in [-0.2, 0) is 9.47 Å². The number of ether oxygens (including phenoxy) is 2. The lowest BCUT2D eigenvalue weighted by molar-refractivity contribution is -0.268. The second-order valence-electron chi connectivity index (χ2n) is 5.51. The van der Waals surface area contributed by atoms with E-state index in [9.17, 15) is 9.59 Å². The van der Waals surface area contributed by atoms with Crippen LogP contribution in [0, 0.1) is 6.92 Å². The van der Waals surface area contributed by atoms with Crippen molar-refractivity contribution in [2.45, 2.75) is 44.6 Å². The smallest absolute Gasteiger partial charge is 0.330 e. The summed E-state index contributed by atoms with van der Waals surface area (Å²) in [4.78, 5) is 25.4. The summed E-state index contributed by atoms with van der Waals surface area (Å²) in [5.41, 5.74) is -0.994. The number of nitrogens with one attached hydrogen (secondary N) is 1. The Balaban J connectivity index is 2.01. The lowest BCUT2D eigenvalue weighted by Gasteiger charge is -2.48. The van der Waals surface area contributed by atoms with Gasteiger partial charge in [0, 0.05) is 18.2 Å². The quantitative estimate of drug-likeness (QED) is 0.780. The lowest BCUT2D eigenvalue weighted by Crippen LogP contribution is -2.62. The van der Waals surface area contributed by atoms with Crippen molar-refractivity contribution in [1.82, 2.24) is 9.55 Å². The van der Waals surface area contributed by atoms with Crippen LogP contribution in [-0.4, -0.2) is 27.4 Å². The van der Waals surface area contributed by atoms with Crippen molar-refractivity contribution in [2.75, 3.05) is 6.61 Å². The van der Waals surface area contributed by atoms with Gasteiger partial charge in [-0.05, 0) is 20.8 Å². The van der Waals surface area contributed by atoms with Gasteiger partial charge in [-0.25, -0.2) is 4.79 Å². The molecule has 1 N–H and O–H groups in total. The maximum atomic E-state index is 11.8. The second-order valence-corrected chi connectivity index (χ2v) is 5.51. The molecule has 1 aromatic heterocycles. The van der Waals surface area contributed by atoms with Crippen LogP contribution >= 0.6 is 0 Å². The van der Waals surface area contributed by atoms with E-state index in [4.69, 9.17) is 9.47 Å². The van der Waals surface area contributed by atoms with Gasteiger partial charge in [0.15, 0.2) is 0 Å². The molecule has 3 heterocycles. The van der Waals surface area contributed by atoms with Gasteiger partial charge in [0.25, 0.3) is 5.56 Å². The maximum absolute atomic E-state index is 11.8. The first kappa shape index (κ1) is 11.7. The Labute approximate surface area is 104 Å². The Hall–Kier alpha value is -1.40. The van der Waals surface area contributed by atoms with Gasteiger partial charge in [0.2, 0.25) is 0 Å². The number of aromatic nitrogens is 2. The highest BCUT2D eigenvalue weighted by atomic mass is 16.6. The van der Waals surface area contributed by atoms with Crippen molar-refractivity contribution in [3.8, 4) is 0 Å². The third-order valence-corrected chi connectivity index (χ3v) is 4.20. The van der Waals surface area contributed by atoms with Crippen molar-refractivity contribution >= 4 is 0 Å². The van der Waals surface area contributed by atoms with Crippen LogP contribution < -0.4 is 11.2 Å². The van der Waals surface area contributed by atoms with Crippen LogP contribution in [0.15, 0.2) is 15.8 Å². The van der Waals surface area contributed by atoms with Gasteiger partial charge in [-0.2, -0.15) is 0 Å². The molecule has 0 aromatic carbocycles. The van der Waals surface area contributed by atoms with Crippen LogP contribution in [0.1, 0.15) is 32.1 Å². The van der Waals surface area contributed by atoms with Crippen molar-refractivity contribution in [1.29, 1.82) is 0 Å². The van der Waals surface area contributed by atoms with E-state index in [2.05, 4.69) is 4.98 Å². The Morgan fingerprint density at radius 3 is 2.61 bits per heavy atom. The molecule has 0 saturated carbocycles. The van der Waals surface area contributed by atoms with Gasteiger partial charge in [-0.15, -0.1) is 0 Å². The van der Waals surface area contributed by atoms with E-state index in [1.807, 2.05) is 13.8 Å². The van der Waals surface area contributed by atoms with Crippen LogP contribution in [0.5, 0.6) is 0 Å². The minimum absolute atomic E-state index is 0.346. The predicted octanol–water partition coefficient (Wildman–Crippen LogP) is 0.312. The third-order valence-electron chi connectivity index (χ3n) is 4.20. The topological polar surface area (TPSA) is 73.3 Å². The molecule has 1 aromatic rings. The van der Waals surface area contributed by atoms with Gasteiger partial charge in [-0.1, -0.05) is 0 Å². The largest absolute Gasteiger partial charge is 0.369 e. The number of rotatable bonds is 1. The molecule has 0 amide bonds. The summed E-state index contributed by atoms with van der Waals surface area (Å²) in [6.07, 6.45) is 1.77. The van der Waals surface area contributed by atoms with Crippen molar-refractivity contribution < 1.29 is 9.47 Å². The predicted molar refractivity (Wildman–Crippen MR) is 63.6 cm³/mol. The molecule has 3 rings (SSSR count). The molecule has 2 fully saturated rings. The molecule has 2 aliphatic rings. The number of fused-ring (bicyclic) bond motifs is 1. The van der Waals surface area contributed by atoms with Crippen LogP contribution in [0.2, 0.25) is 0 Å². The van der Waals surface area contributed by atoms with Gasteiger partial charge in [-0.3, -0.25) is 14.3 Å². The van der Waals surface area contributed by atoms with Crippen molar-refractivity contribution in [3.05, 3.63) is 32.6 Å². The summed E-state index contributed by atoms with van der Waals surface area (Å²) >= 11 is 0. The minimum Gasteiger partial charge on any atom is -0.369 e. The highest BCUT2D eigenvalue weighted by Crippen LogP contribution is 2.52. The monoisotopic (exact) mass is 252 g/mol. The summed E-state index contributed by atoms with van der Waals surface area (Å²) in [6, 6.07) is 0. The van der Waals surface area contributed by atoms with E-state index in [1.54, 1.807) is 13.1 Å².